The molecule has 1 aliphatic carbocycles. The number of methoxy groups -OCH3 is 2. The van der Waals surface area contributed by atoms with Crippen molar-refractivity contribution in [3.8, 4) is 11.5 Å². The Kier molecular flexibility index (Phi) is 8.59. The van der Waals surface area contributed by atoms with Gasteiger partial charge in [-0.1, -0.05) is 29.8 Å². The van der Waals surface area contributed by atoms with Crippen molar-refractivity contribution in [2.45, 2.75) is 37.3 Å². The van der Waals surface area contributed by atoms with Gasteiger partial charge in [-0.3, -0.25) is 10.2 Å². The lowest BCUT2D eigenvalue weighted by atomic mass is 9.72. The number of benzene rings is 2. The number of hydrazine groups is 1. The number of nitrogens with one attached hydrogen (secondary N) is 3. The van der Waals surface area contributed by atoms with Crippen molar-refractivity contribution < 1.29 is 14.3 Å². The van der Waals surface area contributed by atoms with E-state index in [9.17, 15) is 4.79 Å². The van der Waals surface area contributed by atoms with Crippen molar-refractivity contribution in [1.29, 1.82) is 0 Å². The monoisotopic (exact) mass is 573 g/mol. The number of amides is 1. The summed E-state index contributed by atoms with van der Waals surface area (Å²) in [4.78, 5) is 17.1. The van der Waals surface area contributed by atoms with E-state index < -0.39 is 0 Å². The maximum Gasteiger partial charge on any atom is 0.247 e. The Labute approximate surface area is 240 Å². The maximum absolute atomic E-state index is 12.3. The van der Waals surface area contributed by atoms with Gasteiger partial charge in [0.25, 0.3) is 0 Å². The van der Waals surface area contributed by atoms with Gasteiger partial charge in [0.15, 0.2) is 0 Å². The van der Waals surface area contributed by atoms with E-state index in [1.807, 2.05) is 6.07 Å². The molecular formula is C29H37Cl2N5O3. The number of halogens is 2. The van der Waals surface area contributed by atoms with Crippen LogP contribution in [0.1, 0.15) is 42.3 Å². The molecule has 0 spiro atoms. The van der Waals surface area contributed by atoms with Crippen LogP contribution >= 0.6 is 23.2 Å². The fourth-order valence-electron chi connectivity index (χ4n) is 6.26. The molecule has 3 N–H and O–H groups in total. The largest absolute Gasteiger partial charge is 0.495 e. The maximum atomic E-state index is 12.3. The van der Waals surface area contributed by atoms with Gasteiger partial charge in [-0.25, -0.2) is 5.43 Å². The smallest absolute Gasteiger partial charge is 0.247 e. The number of anilines is 2. The molecule has 3 unspecified atom stereocenters. The summed E-state index contributed by atoms with van der Waals surface area (Å²) in [5.41, 5.74) is 11.1. The van der Waals surface area contributed by atoms with Gasteiger partial charge in [0.2, 0.25) is 5.91 Å². The highest BCUT2D eigenvalue weighted by Gasteiger charge is 2.43. The summed E-state index contributed by atoms with van der Waals surface area (Å²) < 4.78 is 11.0. The predicted octanol–water partition coefficient (Wildman–Crippen LogP) is 4.99. The SMILES string of the molecule is C=CC(=O)Nc1ccc(N2CCN(C)CC2)cc1C1NNC2C[C@@H](c3c(Cl)c(OC)cc(OC)c3Cl)CCC21. The minimum atomic E-state index is -0.217. The standard InChI is InChI=1S/C29H37Cl2N5O3/c1-5-25(37)32-21-9-7-18(36-12-10-35(2)11-13-36)15-20(21)29-19-8-6-17(14-22(19)33-34-29)26-27(30)23(38-3)16-24(39-4)28(26)31/h5,7,9,15-17,19,22,29,33-34H,1,6,8,10-14H2,2-4H3,(H,32,37)/t17-,19?,22?,29?/m0/s1. The number of fused-ring (bicyclic) bond motifs is 1. The van der Waals surface area contributed by atoms with E-state index in [0.717, 1.165) is 62.3 Å². The highest BCUT2D eigenvalue weighted by Crippen LogP contribution is 2.51. The second-order valence-corrected chi connectivity index (χ2v) is 11.4. The number of ether oxygens (including phenoxy) is 2. The third-order valence-electron chi connectivity index (χ3n) is 8.45. The first kappa shape index (κ1) is 28.1. The van der Waals surface area contributed by atoms with Crippen molar-refractivity contribution in [1.82, 2.24) is 15.8 Å². The van der Waals surface area contributed by atoms with E-state index in [-0.39, 0.29) is 23.9 Å². The number of rotatable bonds is 7. The second-order valence-electron chi connectivity index (χ2n) is 10.6. The van der Waals surface area contributed by atoms with E-state index in [1.54, 1.807) is 20.3 Å². The molecule has 2 aromatic carbocycles. The van der Waals surface area contributed by atoms with Crippen LogP contribution in [0.5, 0.6) is 11.5 Å². The van der Waals surface area contributed by atoms with Crippen molar-refractivity contribution in [2.24, 2.45) is 5.92 Å². The average molecular weight is 575 g/mol. The lowest BCUT2D eigenvalue weighted by molar-refractivity contribution is -0.111. The first-order chi connectivity index (χ1) is 18.8. The van der Waals surface area contributed by atoms with Gasteiger partial charge in [-0.05, 0) is 68.0 Å². The zero-order chi connectivity index (χ0) is 27.7. The number of piperazine rings is 1. The van der Waals surface area contributed by atoms with Gasteiger partial charge in [-0.2, -0.15) is 0 Å². The van der Waals surface area contributed by atoms with E-state index in [4.69, 9.17) is 32.7 Å². The third-order valence-corrected chi connectivity index (χ3v) is 9.23. The molecule has 5 rings (SSSR count). The van der Waals surface area contributed by atoms with Crippen LogP contribution in [-0.2, 0) is 4.79 Å². The van der Waals surface area contributed by atoms with Crippen molar-refractivity contribution in [3.05, 3.63) is 58.1 Å². The zero-order valence-corrected chi connectivity index (χ0v) is 24.2. The highest BCUT2D eigenvalue weighted by molar-refractivity contribution is 6.38. The minimum Gasteiger partial charge on any atom is -0.495 e. The number of likely N-dealkylation sites (N-methyl/N-ethyl adjacent to an activating group) is 1. The minimum absolute atomic E-state index is 0.0364. The number of hydrogen-bond donors (Lipinski definition) is 3. The average Bonchev–Trinajstić information content (AvgIpc) is 3.37. The molecule has 1 saturated carbocycles. The summed E-state index contributed by atoms with van der Waals surface area (Å²) in [5, 5.41) is 4.12. The van der Waals surface area contributed by atoms with Gasteiger partial charge in [0, 0.05) is 55.2 Å². The van der Waals surface area contributed by atoms with Gasteiger partial charge < -0.3 is 24.6 Å². The molecule has 39 heavy (non-hydrogen) atoms. The number of nitrogens with zero attached hydrogens (tertiary/aromatic N) is 2. The molecule has 4 atom stereocenters. The normalized spacial score (nSPS) is 25.2. The second kappa shape index (κ2) is 11.9. The van der Waals surface area contributed by atoms with E-state index in [2.05, 4.69) is 51.7 Å². The van der Waals surface area contributed by atoms with Gasteiger partial charge in [0.1, 0.15) is 11.5 Å². The molecule has 0 bridgehead atoms. The molecule has 2 aromatic rings. The van der Waals surface area contributed by atoms with Crippen LogP contribution in [-0.4, -0.2) is 64.3 Å². The predicted molar refractivity (Wildman–Crippen MR) is 157 cm³/mol. The van der Waals surface area contributed by atoms with Crippen molar-refractivity contribution in [2.75, 3.05) is 57.7 Å². The molecule has 2 aliphatic heterocycles. The Hall–Kier alpha value is -2.49. The summed E-state index contributed by atoms with van der Waals surface area (Å²) in [6.45, 7) is 7.64. The first-order valence-electron chi connectivity index (χ1n) is 13.5. The van der Waals surface area contributed by atoms with Gasteiger partial charge >= 0.3 is 0 Å². The van der Waals surface area contributed by atoms with Crippen LogP contribution in [0.15, 0.2) is 36.9 Å². The summed E-state index contributed by atoms with van der Waals surface area (Å²) in [6.07, 6.45) is 4.04. The van der Waals surface area contributed by atoms with E-state index in [0.29, 0.717) is 27.5 Å². The Morgan fingerprint density at radius 2 is 1.74 bits per heavy atom. The Bertz CT molecular complexity index is 1210. The first-order valence-corrected chi connectivity index (χ1v) is 14.2. The Morgan fingerprint density at radius 3 is 2.38 bits per heavy atom. The fourth-order valence-corrected chi connectivity index (χ4v) is 7.07. The lowest BCUT2D eigenvalue weighted by Crippen LogP contribution is -2.44. The number of hydrogen-bond acceptors (Lipinski definition) is 7. The van der Waals surface area contributed by atoms with Gasteiger partial charge in [-0.15, -0.1) is 0 Å². The summed E-state index contributed by atoms with van der Waals surface area (Å²) in [7, 11) is 5.35. The quantitative estimate of drug-likeness (QED) is 0.403. The van der Waals surface area contributed by atoms with E-state index in [1.165, 1.54) is 11.8 Å². The topological polar surface area (TPSA) is 78.1 Å². The van der Waals surface area contributed by atoms with Crippen LogP contribution in [0.4, 0.5) is 11.4 Å². The summed E-state index contributed by atoms with van der Waals surface area (Å²) in [5.74, 6) is 1.39. The molecule has 1 amide bonds. The number of carbonyl (C=O) groups is 1. The Balaban J connectivity index is 1.41. The number of carbonyl (C=O) groups excluding carboxylic acids is 1. The Morgan fingerprint density at radius 1 is 1.05 bits per heavy atom. The highest BCUT2D eigenvalue weighted by atomic mass is 35.5. The van der Waals surface area contributed by atoms with Crippen LogP contribution in [0.2, 0.25) is 10.0 Å². The van der Waals surface area contributed by atoms with Gasteiger partial charge in [0.05, 0.1) is 30.3 Å². The molecule has 0 aromatic heterocycles. The molecule has 210 valence electrons. The molecule has 8 nitrogen and oxygen atoms in total. The fraction of sp³-hybridized carbons (Fsp3) is 0.483. The van der Waals surface area contributed by atoms with Crippen LogP contribution in [0, 0.1) is 5.92 Å². The van der Waals surface area contributed by atoms with Crippen molar-refractivity contribution >= 4 is 40.5 Å². The van der Waals surface area contributed by atoms with E-state index >= 15 is 0 Å². The van der Waals surface area contributed by atoms with Crippen LogP contribution in [0.3, 0.4) is 0 Å². The third kappa shape index (κ3) is 5.58. The summed E-state index contributed by atoms with van der Waals surface area (Å²) in [6, 6.07) is 8.33. The molecule has 3 fully saturated rings. The molecule has 2 saturated heterocycles. The van der Waals surface area contributed by atoms with Crippen molar-refractivity contribution in [3.63, 3.8) is 0 Å². The molecule has 0 radical (unpaired) electrons. The zero-order valence-electron chi connectivity index (χ0n) is 22.7. The summed E-state index contributed by atoms with van der Waals surface area (Å²) >= 11 is 13.5. The lowest BCUT2D eigenvalue weighted by Gasteiger charge is -2.36. The molecular weight excluding hydrogens is 537 g/mol. The van der Waals surface area contributed by atoms with Crippen LogP contribution in [0.25, 0.3) is 0 Å². The molecule has 10 heteroatoms. The molecule has 2 heterocycles. The van der Waals surface area contributed by atoms with Crippen LogP contribution < -0.4 is 30.5 Å². The molecule has 3 aliphatic rings.